The number of hydrogen-bond acceptors (Lipinski definition) is 6. The van der Waals surface area contributed by atoms with Gasteiger partial charge >= 0.3 is 0 Å². The molecule has 1 aliphatic rings. The van der Waals surface area contributed by atoms with Gasteiger partial charge in [-0.1, -0.05) is 24.2 Å². The van der Waals surface area contributed by atoms with Crippen molar-refractivity contribution < 1.29 is 10.2 Å². The third-order valence-electron chi connectivity index (χ3n) is 3.10. The lowest BCUT2D eigenvalue weighted by atomic mass is 9.73. The highest BCUT2D eigenvalue weighted by Gasteiger charge is 2.47. The van der Waals surface area contributed by atoms with E-state index in [4.69, 9.17) is 0 Å². The molecule has 2 N–H and O–H groups in total. The van der Waals surface area contributed by atoms with Gasteiger partial charge in [0.25, 0.3) is 0 Å². The van der Waals surface area contributed by atoms with E-state index in [1.54, 1.807) is 13.8 Å². The van der Waals surface area contributed by atoms with E-state index in [0.29, 0.717) is 0 Å². The Hall–Kier alpha value is -0.880. The minimum atomic E-state index is -1.18. The molecule has 0 heterocycles. The Kier molecular flexibility index (Phi) is 3.28. The summed E-state index contributed by atoms with van der Waals surface area (Å²) in [6.07, 6.45) is -2.01. The van der Waals surface area contributed by atoms with E-state index in [9.17, 15) is 20.0 Å². The van der Waals surface area contributed by atoms with Gasteiger partial charge in [0.2, 0.25) is 0 Å². The second-order valence-electron chi connectivity index (χ2n) is 3.89. The lowest BCUT2D eigenvalue weighted by Crippen LogP contribution is -2.54. The van der Waals surface area contributed by atoms with Gasteiger partial charge in [-0.15, -0.1) is 0 Å². The quantitative estimate of drug-likeness (QED) is 0.627. The van der Waals surface area contributed by atoms with Gasteiger partial charge in [-0.3, -0.25) is 0 Å². The van der Waals surface area contributed by atoms with Crippen LogP contribution >= 0.6 is 0 Å². The monoisotopic (exact) mass is 202 g/mol. The summed E-state index contributed by atoms with van der Waals surface area (Å²) >= 11 is 0. The van der Waals surface area contributed by atoms with Crippen LogP contribution in [-0.2, 0) is 0 Å². The van der Waals surface area contributed by atoms with Crippen LogP contribution in [-0.4, -0.2) is 34.5 Å². The molecule has 0 amide bonds. The molecule has 80 valence electrons. The summed E-state index contributed by atoms with van der Waals surface area (Å²) in [5.74, 6) is -0.897. The molecular formula is C8H14N2O4. The zero-order valence-corrected chi connectivity index (χ0v) is 8.07. The van der Waals surface area contributed by atoms with Gasteiger partial charge in [-0.2, -0.15) is 9.81 Å². The first-order valence-electron chi connectivity index (χ1n) is 4.55. The standard InChI is InChI=1S/C8H14N2O4/c1-3-5(9-13)8(12)6(10-14)4(2)7(3)11/h3-8,11-12H,1-2H3. The van der Waals surface area contributed by atoms with Crippen molar-refractivity contribution in [3.05, 3.63) is 9.81 Å². The number of rotatable bonds is 2. The summed E-state index contributed by atoms with van der Waals surface area (Å²) in [5.41, 5.74) is 0. The Morgan fingerprint density at radius 1 is 0.857 bits per heavy atom. The molecule has 0 aliphatic heterocycles. The molecule has 4 unspecified atom stereocenters. The minimum absolute atomic E-state index is 0.449. The molecule has 1 fully saturated rings. The molecule has 0 bridgehead atoms. The third kappa shape index (κ3) is 1.55. The molecule has 0 aromatic rings. The van der Waals surface area contributed by atoms with Crippen LogP contribution in [0.15, 0.2) is 10.4 Å². The minimum Gasteiger partial charge on any atom is -0.392 e. The molecule has 6 heteroatoms. The van der Waals surface area contributed by atoms with Gasteiger partial charge in [0.15, 0.2) is 0 Å². The highest BCUT2D eigenvalue weighted by atomic mass is 16.3. The fourth-order valence-corrected chi connectivity index (χ4v) is 2.02. The molecule has 1 aliphatic carbocycles. The molecule has 0 aromatic heterocycles. The Morgan fingerprint density at radius 2 is 1.21 bits per heavy atom. The number of nitrogens with zero attached hydrogens (tertiary/aromatic N) is 2. The number of aliphatic hydroxyl groups is 2. The first kappa shape index (κ1) is 11.2. The second-order valence-corrected chi connectivity index (χ2v) is 3.89. The van der Waals surface area contributed by atoms with Gasteiger partial charge in [-0.25, -0.2) is 0 Å². The van der Waals surface area contributed by atoms with Crippen LogP contribution in [0.25, 0.3) is 0 Å². The van der Waals surface area contributed by atoms with E-state index >= 15 is 0 Å². The van der Waals surface area contributed by atoms with E-state index in [0.717, 1.165) is 0 Å². The van der Waals surface area contributed by atoms with Gasteiger partial charge in [0.05, 0.1) is 6.10 Å². The zero-order valence-electron chi connectivity index (χ0n) is 8.07. The number of nitroso groups, excluding NO2 is 2. The average Bonchev–Trinajstić information content (AvgIpc) is 2.16. The van der Waals surface area contributed by atoms with E-state index in [1.807, 2.05) is 0 Å². The molecule has 1 saturated carbocycles. The van der Waals surface area contributed by atoms with Crippen molar-refractivity contribution >= 4 is 0 Å². The summed E-state index contributed by atoms with van der Waals surface area (Å²) in [6.45, 7) is 3.24. The third-order valence-corrected chi connectivity index (χ3v) is 3.10. The molecule has 0 saturated heterocycles. The van der Waals surface area contributed by atoms with Crippen LogP contribution in [0.1, 0.15) is 13.8 Å². The molecule has 0 aromatic carbocycles. The maximum absolute atomic E-state index is 10.4. The van der Waals surface area contributed by atoms with Crippen LogP contribution < -0.4 is 0 Å². The van der Waals surface area contributed by atoms with Crippen LogP contribution in [0.5, 0.6) is 0 Å². The van der Waals surface area contributed by atoms with Gasteiger partial charge in [0.1, 0.15) is 18.2 Å². The average molecular weight is 202 g/mol. The molecule has 14 heavy (non-hydrogen) atoms. The van der Waals surface area contributed by atoms with Crippen LogP contribution in [0.2, 0.25) is 0 Å². The van der Waals surface area contributed by atoms with Crippen molar-refractivity contribution in [2.24, 2.45) is 22.2 Å². The van der Waals surface area contributed by atoms with Gasteiger partial charge < -0.3 is 10.2 Å². The number of aliphatic hydroxyl groups excluding tert-OH is 2. The topological polar surface area (TPSA) is 99.3 Å². The fraction of sp³-hybridized carbons (Fsp3) is 1.00. The Labute approximate surface area is 81.3 Å². The van der Waals surface area contributed by atoms with Crippen molar-refractivity contribution in [3.63, 3.8) is 0 Å². The lowest BCUT2D eigenvalue weighted by molar-refractivity contribution is -0.0520. The molecule has 4 atom stereocenters. The highest BCUT2D eigenvalue weighted by molar-refractivity contribution is 5.01. The van der Waals surface area contributed by atoms with E-state index < -0.39 is 36.1 Å². The van der Waals surface area contributed by atoms with E-state index in [2.05, 4.69) is 10.4 Å². The van der Waals surface area contributed by atoms with Crippen LogP contribution in [0.4, 0.5) is 0 Å². The predicted molar refractivity (Wildman–Crippen MR) is 49.5 cm³/mol. The van der Waals surface area contributed by atoms with Crippen molar-refractivity contribution in [3.8, 4) is 0 Å². The van der Waals surface area contributed by atoms with E-state index in [1.165, 1.54) is 0 Å². The van der Waals surface area contributed by atoms with E-state index in [-0.39, 0.29) is 0 Å². The maximum atomic E-state index is 10.4. The Balaban J connectivity index is 2.93. The Bertz CT molecular complexity index is 213. The molecule has 0 spiro atoms. The first-order chi connectivity index (χ1) is 6.54. The van der Waals surface area contributed by atoms with Crippen molar-refractivity contribution in [2.75, 3.05) is 0 Å². The van der Waals surface area contributed by atoms with Crippen LogP contribution in [0, 0.1) is 21.6 Å². The summed E-state index contributed by atoms with van der Waals surface area (Å²) < 4.78 is 0. The van der Waals surface area contributed by atoms with Crippen LogP contribution in [0.3, 0.4) is 0 Å². The summed E-state index contributed by atoms with van der Waals surface area (Å²) in [7, 11) is 0. The molecule has 1 rings (SSSR count). The zero-order chi connectivity index (χ0) is 10.9. The predicted octanol–water partition coefficient (Wildman–Crippen LogP) is 0.264. The molecule has 0 radical (unpaired) electrons. The Morgan fingerprint density at radius 3 is 1.50 bits per heavy atom. The van der Waals surface area contributed by atoms with Crippen molar-refractivity contribution in [2.45, 2.75) is 38.1 Å². The van der Waals surface area contributed by atoms with Gasteiger partial charge in [-0.05, 0) is 0 Å². The highest BCUT2D eigenvalue weighted by Crippen LogP contribution is 2.33. The smallest absolute Gasteiger partial charge is 0.125 e. The van der Waals surface area contributed by atoms with Crippen molar-refractivity contribution in [1.82, 2.24) is 0 Å². The summed E-state index contributed by atoms with van der Waals surface area (Å²) in [5, 5.41) is 24.7. The molecular weight excluding hydrogens is 188 g/mol. The number of hydrogen-bond donors (Lipinski definition) is 2. The summed E-state index contributed by atoms with van der Waals surface area (Å²) in [6, 6.07) is -1.91. The molecule has 6 nitrogen and oxygen atoms in total. The normalized spacial score (nSPS) is 48.6. The fourth-order valence-electron chi connectivity index (χ4n) is 2.02. The summed E-state index contributed by atoms with van der Waals surface area (Å²) in [4.78, 5) is 20.9. The second kappa shape index (κ2) is 4.10. The van der Waals surface area contributed by atoms with Gasteiger partial charge in [0, 0.05) is 11.8 Å². The first-order valence-corrected chi connectivity index (χ1v) is 4.55. The largest absolute Gasteiger partial charge is 0.392 e. The lowest BCUT2D eigenvalue weighted by Gasteiger charge is -2.39. The maximum Gasteiger partial charge on any atom is 0.125 e. The SMILES string of the molecule is CC1C(O)C(C)C(N=O)C(O)C1N=O. The van der Waals surface area contributed by atoms with Crippen molar-refractivity contribution in [1.29, 1.82) is 0 Å².